The Morgan fingerprint density at radius 1 is 1.21 bits per heavy atom. The molecule has 4 heteroatoms. The number of carbonyl (C=O) groups excluding carboxylic acids is 1. The molecule has 0 aliphatic carbocycles. The van der Waals surface area contributed by atoms with Crippen LogP contribution in [0, 0.1) is 0 Å². The lowest BCUT2D eigenvalue weighted by Crippen LogP contribution is -2.47. The molecule has 0 aliphatic heterocycles. The zero-order valence-corrected chi connectivity index (χ0v) is 12.2. The van der Waals surface area contributed by atoms with Gasteiger partial charge in [0.2, 0.25) is 0 Å². The molecule has 1 aromatic carbocycles. The fourth-order valence-corrected chi connectivity index (χ4v) is 2.07. The minimum atomic E-state index is -0.892. The third kappa shape index (κ3) is 3.47. The van der Waals surface area contributed by atoms with Gasteiger partial charge in [0.25, 0.3) is 0 Å². The summed E-state index contributed by atoms with van der Waals surface area (Å²) in [6, 6.07) is 7.55. The van der Waals surface area contributed by atoms with Crippen LogP contribution in [0.1, 0.15) is 33.3 Å². The molecule has 1 unspecified atom stereocenters. The van der Waals surface area contributed by atoms with Gasteiger partial charge in [-0.2, -0.15) is 0 Å². The summed E-state index contributed by atoms with van der Waals surface area (Å²) in [7, 11) is 0. The van der Waals surface area contributed by atoms with Crippen molar-refractivity contribution in [3.05, 3.63) is 29.8 Å². The van der Waals surface area contributed by atoms with Crippen LogP contribution in [-0.2, 0) is 15.1 Å². The van der Waals surface area contributed by atoms with Crippen LogP contribution in [0.3, 0.4) is 0 Å². The van der Waals surface area contributed by atoms with Gasteiger partial charge in [0.15, 0.2) is 0 Å². The Morgan fingerprint density at radius 3 is 2.47 bits per heavy atom. The summed E-state index contributed by atoms with van der Waals surface area (Å²) in [5, 5.41) is 3.20. The van der Waals surface area contributed by atoms with Gasteiger partial charge in [-0.15, -0.1) is 0 Å². The zero-order chi connectivity index (χ0) is 14.3. The maximum atomic E-state index is 12.3. The summed E-state index contributed by atoms with van der Waals surface area (Å²) in [5.74, 6) is 0.422. The van der Waals surface area contributed by atoms with Crippen LogP contribution >= 0.6 is 0 Å². The molecule has 106 valence electrons. The minimum Gasteiger partial charge on any atom is -0.494 e. The van der Waals surface area contributed by atoms with Gasteiger partial charge in [-0.3, -0.25) is 5.32 Å². The normalized spacial score (nSPS) is 13.7. The smallest absolute Gasteiger partial charge is 0.330 e. The highest BCUT2D eigenvalue weighted by Gasteiger charge is 2.38. The Bertz CT molecular complexity index is 420. The summed E-state index contributed by atoms with van der Waals surface area (Å²) in [6.07, 6.45) is 0. The maximum Gasteiger partial charge on any atom is 0.330 e. The molecule has 4 nitrogen and oxygen atoms in total. The van der Waals surface area contributed by atoms with Crippen LogP contribution in [0.2, 0.25) is 0 Å². The summed E-state index contributed by atoms with van der Waals surface area (Å²) in [6.45, 7) is 9.09. The number of carbonyl (C=O) groups is 1. The Kier molecular flexibility index (Phi) is 5.83. The first-order valence-corrected chi connectivity index (χ1v) is 6.74. The van der Waals surface area contributed by atoms with Crippen molar-refractivity contribution in [3.63, 3.8) is 0 Å². The lowest BCUT2D eigenvalue weighted by molar-refractivity contribution is -0.151. The van der Waals surface area contributed by atoms with E-state index in [1.165, 1.54) is 0 Å². The van der Waals surface area contributed by atoms with Gasteiger partial charge in [0, 0.05) is 5.56 Å². The molecule has 0 aliphatic rings. The monoisotopic (exact) mass is 265 g/mol. The summed E-state index contributed by atoms with van der Waals surface area (Å²) >= 11 is 0. The van der Waals surface area contributed by atoms with E-state index < -0.39 is 5.54 Å². The van der Waals surface area contributed by atoms with Crippen molar-refractivity contribution < 1.29 is 14.3 Å². The van der Waals surface area contributed by atoms with Crippen molar-refractivity contribution in [1.82, 2.24) is 5.32 Å². The standard InChI is InChI=1S/C15H23NO3/c1-5-16-15(4,14(17)19-7-3)12-10-8-9-11-13(12)18-6-2/h8-11,16H,5-7H2,1-4H3. The van der Waals surface area contributed by atoms with Crippen molar-refractivity contribution in [2.45, 2.75) is 33.2 Å². The highest BCUT2D eigenvalue weighted by Crippen LogP contribution is 2.31. The van der Waals surface area contributed by atoms with Crippen LogP contribution in [0.15, 0.2) is 24.3 Å². The summed E-state index contributed by atoms with van der Waals surface area (Å²) < 4.78 is 10.8. The molecule has 0 spiro atoms. The van der Waals surface area contributed by atoms with E-state index in [9.17, 15) is 4.79 Å². The molecule has 0 radical (unpaired) electrons. The molecular formula is C15H23NO3. The van der Waals surface area contributed by atoms with E-state index in [-0.39, 0.29) is 5.97 Å². The van der Waals surface area contributed by atoms with Gasteiger partial charge in [0.05, 0.1) is 13.2 Å². The fraction of sp³-hybridized carbons (Fsp3) is 0.533. The van der Waals surface area contributed by atoms with E-state index in [1.807, 2.05) is 45.0 Å². The van der Waals surface area contributed by atoms with Crippen LogP contribution in [-0.4, -0.2) is 25.7 Å². The predicted octanol–water partition coefficient (Wildman–Crippen LogP) is 2.47. The fourth-order valence-electron chi connectivity index (χ4n) is 2.07. The molecule has 0 aromatic heterocycles. The first kappa shape index (κ1) is 15.5. The SMILES string of the molecule is CCNC(C)(C(=O)OCC)c1ccccc1OCC. The Balaban J connectivity index is 3.21. The van der Waals surface area contributed by atoms with Crippen molar-refractivity contribution in [1.29, 1.82) is 0 Å². The Hall–Kier alpha value is -1.55. The van der Waals surface area contributed by atoms with Gasteiger partial charge in [-0.1, -0.05) is 25.1 Å². The third-order valence-corrected chi connectivity index (χ3v) is 2.94. The highest BCUT2D eigenvalue weighted by molar-refractivity contribution is 5.83. The highest BCUT2D eigenvalue weighted by atomic mass is 16.5. The van der Waals surface area contributed by atoms with Gasteiger partial charge < -0.3 is 9.47 Å². The average molecular weight is 265 g/mol. The van der Waals surface area contributed by atoms with Crippen molar-refractivity contribution in [3.8, 4) is 5.75 Å². The lowest BCUT2D eigenvalue weighted by Gasteiger charge is -2.30. The molecule has 0 saturated heterocycles. The van der Waals surface area contributed by atoms with Crippen LogP contribution in [0.5, 0.6) is 5.75 Å². The molecule has 19 heavy (non-hydrogen) atoms. The first-order valence-electron chi connectivity index (χ1n) is 6.74. The molecule has 0 bridgehead atoms. The minimum absolute atomic E-state index is 0.288. The van der Waals surface area contributed by atoms with Crippen LogP contribution in [0.25, 0.3) is 0 Å². The van der Waals surface area contributed by atoms with E-state index in [0.717, 1.165) is 5.56 Å². The number of benzene rings is 1. The molecule has 0 saturated carbocycles. The van der Waals surface area contributed by atoms with E-state index >= 15 is 0 Å². The Labute approximate surface area is 115 Å². The van der Waals surface area contributed by atoms with Crippen LogP contribution in [0.4, 0.5) is 0 Å². The van der Waals surface area contributed by atoms with Crippen LogP contribution < -0.4 is 10.1 Å². The number of nitrogens with one attached hydrogen (secondary N) is 1. The molecule has 0 fully saturated rings. The number of rotatable bonds is 7. The van der Waals surface area contributed by atoms with Gasteiger partial charge >= 0.3 is 5.97 Å². The number of hydrogen-bond acceptors (Lipinski definition) is 4. The molecule has 1 rings (SSSR count). The summed E-state index contributed by atoms with van der Waals surface area (Å²) in [5.41, 5.74) is -0.0894. The third-order valence-electron chi connectivity index (χ3n) is 2.94. The molecule has 0 amide bonds. The number of esters is 1. The van der Waals surface area contributed by atoms with Gasteiger partial charge in [-0.05, 0) is 33.4 Å². The van der Waals surface area contributed by atoms with E-state index in [1.54, 1.807) is 6.92 Å². The molecule has 1 aromatic rings. The molecular weight excluding hydrogens is 242 g/mol. The van der Waals surface area contributed by atoms with E-state index in [4.69, 9.17) is 9.47 Å². The second-order valence-corrected chi connectivity index (χ2v) is 4.30. The second-order valence-electron chi connectivity index (χ2n) is 4.30. The van der Waals surface area contributed by atoms with E-state index in [2.05, 4.69) is 5.32 Å². The average Bonchev–Trinajstić information content (AvgIpc) is 2.40. The van der Waals surface area contributed by atoms with E-state index in [0.29, 0.717) is 25.5 Å². The number of ether oxygens (including phenoxy) is 2. The number of para-hydroxylation sites is 1. The second kappa shape index (κ2) is 7.14. The van der Waals surface area contributed by atoms with Crippen molar-refractivity contribution >= 4 is 5.97 Å². The largest absolute Gasteiger partial charge is 0.494 e. The topological polar surface area (TPSA) is 47.6 Å². The number of hydrogen-bond donors (Lipinski definition) is 1. The Morgan fingerprint density at radius 2 is 1.89 bits per heavy atom. The van der Waals surface area contributed by atoms with Crippen molar-refractivity contribution in [2.75, 3.05) is 19.8 Å². The maximum absolute atomic E-state index is 12.3. The zero-order valence-electron chi connectivity index (χ0n) is 12.2. The summed E-state index contributed by atoms with van der Waals surface area (Å²) in [4.78, 5) is 12.3. The predicted molar refractivity (Wildman–Crippen MR) is 75.3 cm³/mol. The molecule has 1 atom stereocenters. The molecule has 0 heterocycles. The number of likely N-dealkylation sites (N-methyl/N-ethyl adjacent to an activating group) is 1. The molecule has 1 N–H and O–H groups in total. The first-order chi connectivity index (χ1) is 9.10. The lowest BCUT2D eigenvalue weighted by atomic mass is 9.91. The quantitative estimate of drug-likeness (QED) is 0.769. The van der Waals surface area contributed by atoms with Gasteiger partial charge in [0.1, 0.15) is 11.3 Å². The van der Waals surface area contributed by atoms with Gasteiger partial charge in [-0.25, -0.2) is 4.79 Å². The van der Waals surface area contributed by atoms with Crippen molar-refractivity contribution in [2.24, 2.45) is 0 Å².